The molecule has 8 heteroatoms. The zero-order chi connectivity index (χ0) is 13.2. The van der Waals surface area contributed by atoms with Gasteiger partial charge < -0.3 is 0 Å². The normalized spacial score (nSPS) is 11.9. The third-order valence-corrected chi connectivity index (χ3v) is 4.12. The minimum Gasteiger partial charge on any atom is -0.285 e. The SMILES string of the molecule is CN(Cc1cn[nH]c1)S(=O)(=O)c1cncc(F)c1. The maximum absolute atomic E-state index is 13.0. The molecule has 2 aromatic rings. The number of H-pyrrole nitrogens is 1. The number of halogens is 1. The van der Waals surface area contributed by atoms with Crippen molar-refractivity contribution in [2.45, 2.75) is 11.4 Å². The van der Waals surface area contributed by atoms with Gasteiger partial charge in [-0.25, -0.2) is 12.8 Å². The average Bonchev–Trinajstić information content (AvgIpc) is 2.81. The molecule has 0 aliphatic carbocycles. The van der Waals surface area contributed by atoms with Gasteiger partial charge in [-0.2, -0.15) is 9.40 Å². The van der Waals surface area contributed by atoms with Gasteiger partial charge in [0.05, 0.1) is 12.4 Å². The van der Waals surface area contributed by atoms with E-state index in [2.05, 4.69) is 15.2 Å². The van der Waals surface area contributed by atoms with Gasteiger partial charge in [-0.1, -0.05) is 0 Å². The van der Waals surface area contributed by atoms with E-state index < -0.39 is 15.8 Å². The number of hydrogen-bond acceptors (Lipinski definition) is 4. The van der Waals surface area contributed by atoms with Gasteiger partial charge in [-0.05, 0) is 6.07 Å². The van der Waals surface area contributed by atoms with Crippen LogP contribution in [0.4, 0.5) is 4.39 Å². The first kappa shape index (κ1) is 12.7. The van der Waals surface area contributed by atoms with Gasteiger partial charge in [0.1, 0.15) is 10.7 Å². The summed E-state index contributed by atoms with van der Waals surface area (Å²) in [5, 5.41) is 6.32. The maximum Gasteiger partial charge on any atom is 0.244 e. The fraction of sp³-hybridized carbons (Fsp3) is 0.200. The molecule has 6 nitrogen and oxygen atoms in total. The molecule has 0 bridgehead atoms. The molecule has 0 unspecified atom stereocenters. The zero-order valence-corrected chi connectivity index (χ0v) is 10.4. The van der Waals surface area contributed by atoms with Gasteiger partial charge in [-0.15, -0.1) is 0 Å². The summed E-state index contributed by atoms with van der Waals surface area (Å²) in [5.41, 5.74) is 0.713. The van der Waals surface area contributed by atoms with Gasteiger partial charge >= 0.3 is 0 Å². The third-order valence-electron chi connectivity index (χ3n) is 2.35. The molecule has 0 atom stereocenters. The third kappa shape index (κ3) is 2.54. The minimum absolute atomic E-state index is 0.148. The van der Waals surface area contributed by atoms with Crippen molar-refractivity contribution < 1.29 is 12.8 Å². The summed E-state index contributed by atoms with van der Waals surface area (Å²) >= 11 is 0. The number of aromatic amines is 1. The molecule has 1 N–H and O–H groups in total. The Morgan fingerprint density at radius 3 is 2.78 bits per heavy atom. The fourth-order valence-electron chi connectivity index (χ4n) is 1.42. The molecule has 0 saturated carbocycles. The van der Waals surface area contributed by atoms with Gasteiger partial charge in [0.2, 0.25) is 10.0 Å². The van der Waals surface area contributed by atoms with Crippen molar-refractivity contribution in [2.75, 3.05) is 7.05 Å². The lowest BCUT2D eigenvalue weighted by molar-refractivity contribution is 0.465. The molecule has 0 amide bonds. The number of nitrogens with zero attached hydrogens (tertiary/aromatic N) is 3. The maximum atomic E-state index is 13.0. The van der Waals surface area contributed by atoms with E-state index in [-0.39, 0.29) is 11.4 Å². The van der Waals surface area contributed by atoms with E-state index in [1.54, 1.807) is 6.20 Å². The van der Waals surface area contributed by atoms with Crippen LogP contribution in [0.5, 0.6) is 0 Å². The Kier molecular flexibility index (Phi) is 3.39. The Hall–Kier alpha value is -1.80. The monoisotopic (exact) mass is 270 g/mol. The van der Waals surface area contributed by atoms with E-state index >= 15 is 0 Å². The van der Waals surface area contributed by atoms with Crippen molar-refractivity contribution >= 4 is 10.0 Å². The standard InChI is InChI=1S/C10H11FN4O2S/c1-15(7-8-3-13-14-4-8)18(16,17)10-2-9(11)5-12-6-10/h2-6H,7H2,1H3,(H,13,14). The second-order valence-corrected chi connectivity index (χ2v) is 5.75. The van der Waals surface area contributed by atoms with Gasteiger partial charge in [0, 0.05) is 31.5 Å². The molecule has 2 heterocycles. The highest BCUT2D eigenvalue weighted by molar-refractivity contribution is 7.89. The van der Waals surface area contributed by atoms with Crippen molar-refractivity contribution in [3.63, 3.8) is 0 Å². The van der Waals surface area contributed by atoms with Crippen LogP contribution in [0.1, 0.15) is 5.56 Å². The molecular formula is C10H11FN4O2S. The lowest BCUT2D eigenvalue weighted by Gasteiger charge is -2.15. The van der Waals surface area contributed by atoms with E-state index in [1.807, 2.05) is 0 Å². The summed E-state index contributed by atoms with van der Waals surface area (Å²) in [7, 11) is -2.34. The van der Waals surface area contributed by atoms with Crippen LogP contribution < -0.4 is 0 Å². The molecule has 2 rings (SSSR count). The largest absolute Gasteiger partial charge is 0.285 e. The quantitative estimate of drug-likeness (QED) is 0.889. The van der Waals surface area contributed by atoms with Gasteiger partial charge in [-0.3, -0.25) is 10.1 Å². The molecule has 0 spiro atoms. The first-order chi connectivity index (χ1) is 8.50. The average molecular weight is 270 g/mol. The number of pyridine rings is 1. The molecular weight excluding hydrogens is 259 g/mol. The number of sulfonamides is 1. The summed E-state index contributed by atoms with van der Waals surface area (Å²) < 4.78 is 38.3. The minimum atomic E-state index is -3.75. The van der Waals surface area contributed by atoms with E-state index in [4.69, 9.17) is 0 Å². The molecule has 0 aliphatic rings. The number of nitrogens with one attached hydrogen (secondary N) is 1. The van der Waals surface area contributed by atoms with Crippen LogP contribution >= 0.6 is 0 Å². The Balaban J connectivity index is 2.25. The first-order valence-electron chi connectivity index (χ1n) is 5.04. The van der Waals surface area contributed by atoms with Crippen LogP contribution in [0.15, 0.2) is 35.7 Å². The highest BCUT2D eigenvalue weighted by Crippen LogP contribution is 2.16. The van der Waals surface area contributed by atoms with Crippen molar-refractivity contribution in [2.24, 2.45) is 0 Å². The van der Waals surface area contributed by atoms with E-state index in [0.29, 0.717) is 5.56 Å². The van der Waals surface area contributed by atoms with Crippen LogP contribution in [0, 0.1) is 5.82 Å². The predicted octanol–water partition coefficient (Wildman–Crippen LogP) is 0.764. The summed E-state index contributed by atoms with van der Waals surface area (Å²) in [5.74, 6) is -0.687. The van der Waals surface area contributed by atoms with Crippen LogP contribution in [-0.4, -0.2) is 35.0 Å². The number of aromatic nitrogens is 3. The van der Waals surface area contributed by atoms with Crippen molar-refractivity contribution in [1.82, 2.24) is 19.5 Å². The molecule has 0 aliphatic heterocycles. The van der Waals surface area contributed by atoms with E-state index in [0.717, 1.165) is 22.8 Å². The molecule has 0 aromatic carbocycles. The second kappa shape index (κ2) is 4.83. The summed E-state index contributed by atoms with van der Waals surface area (Å²) in [6, 6.07) is 0.939. The Morgan fingerprint density at radius 1 is 1.39 bits per heavy atom. The van der Waals surface area contributed by atoms with E-state index in [9.17, 15) is 12.8 Å². The lowest BCUT2D eigenvalue weighted by atomic mass is 10.4. The zero-order valence-electron chi connectivity index (χ0n) is 9.54. The number of rotatable bonds is 4. The molecule has 0 saturated heterocycles. The van der Waals surface area contributed by atoms with Crippen molar-refractivity contribution in [3.8, 4) is 0 Å². The molecule has 0 radical (unpaired) electrons. The predicted molar refractivity (Wildman–Crippen MR) is 61.4 cm³/mol. The smallest absolute Gasteiger partial charge is 0.244 e. The Morgan fingerprint density at radius 2 is 2.17 bits per heavy atom. The summed E-state index contributed by atoms with van der Waals surface area (Å²) in [4.78, 5) is 3.36. The second-order valence-electron chi connectivity index (χ2n) is 3.71. The fourth-order valence-corrected chi connectivity index (χ4v) is 2.55. The topological polar surface area (TPSA) is 79.0 Å². The molecule has 18 heavy (non-hydrogen) atoms. The van der Waals surface area contributed by atoms with E-state index in [1.165, 1.54) is 13.2 Å². The number of hydrogen-bond donors (Lipinski definition) is 1. The molecule has 0 fully saturated rings. The summed E-state index contributed by atoms with van der Waals surface area (Å²) in [6.07, 6.45) is 5.19. The lowest BCUT2D eigenvalue weighted by Crippen LogP contribution is -2.26. The van der Waals surface area contributed by atoms with Gasteiger partial charge in [0.15, 0.2) is 0 Å². The van der Waals surface area contributed by atoms with Crippen LogP contribution in [0.3, 0.4) is 0 Å². The van der Waals surface area contributed by atoms with Crippen LogP contribution in [0.25, 0.3) is 0 Å². The first-order valence-corrected chi connectivity index (χ1v) is 6.49. The Bertz CT molecular complexity index is 627. The van der Waals surface area contributed by atoms with Crippen LogP contribution in [-0.2, 0) is 16.6 Å². The molecule has 96 valence electrons. The Labute approximate surface area is 104 Å². The van der Waals surface area contributed by atoms with Gasteiger partial charge in [0.25, 0.3) is 0 Å². The highest BCUT2D eigenvalue weighted by Gasteiger charge is 2.22. The summed E-state index contributed by atoms with van der Waals surface area (Å²) in [6.45, 7) is 0.148. The van der Waals surface area contributed by atoms with Crippen LogP contribution in [0.2, 0.25) is 0 Å². The molecule has 2 aromatic heterocycles. The van der Waals surface area contributed by atoms with Crippen molar-refractivity contribution in [1.29, 1.82) is 0 Å². The van der Waals surface area contributed by atoms with Crippen molar-refractivity contribution in [3.05, 3.63) is 42.2 Å². The highest BCUT2D eigenvalue weighted by atomic mass is 32.2.